The minimum atomic E-state index is -0.310. The average molecular weight is 336 g/mol. The molecule has 1 atom stereocenters. The van der Waals surface area contributed by atoms with Gasteiger partial charge in [0, 0.05) is 19.6 Å². The molecular formula is C17H24N2O3S. The molecule has 2 saturated heterocycles. The third kappa shape index (κ3) is 3.57. The van der Waals surface area contributed by atoms with E-state index >= 15 is 0 Å². The Hall–Kier alpha value is -1.43. The molecule has 1 aromatic rings. The number of hydrogen-bond acceptors (Lipinski definition) is 4. The van der Waals surface area contributed by atoms with Gasteiger partial charge in [0.25, 0.3) is 5.91 Å². The van der Waals surface area contributed by atoms with Crippen LogP contribution in [0.15, 0.2) is 16.5 Å². The minimum absolute atomic E-state index is 0.117. The maximum absolute atomic E-state index is 12.8. The largest absolute Gasteiger partial charge is 0.455 e. The lowest BCUT2D eigenvalue weighted by molar-refractivity contribution is -0.136. The van der Waals surface area contributed by atoms with Gasteiger partial charge in [0.05, 0.1) is 5.75 Å². The van der Waals surface area contributed by atoms with Crippen molar-refractivity contribution in [3.05, 3.63) is 23.7 Å². The van der Waals surface area contributed by atoms with Crippen LogP contribution in [0.4, 0.5) is 0 Å². The van der Waals surface area contributed by atoms with Crippen molar-refractivity contribution in [2.75, 3.05) is 25.9 Å². The number of nitrogens with zero attached hydrogens (tertiary/aromatic N) is 2. The third-order valence-corrected chi connectivity index (χ3v) is 5.20. The summed E-state index contributed by atoms with van der Waals surface area (Å²) in [6, 6.07) is 3.27. The molecule has 0 aliphatic carbocycles. The maximum Gasteiger partial charge on any atom is 0.290 e. The molecule has 5 nitrogen and oxygen atoms in total. The van der Waals surface area contributed by atoms with Gasteiger partial charge in [0.2, 0.25) is 5.91 Å². The van der Waals surface area contributed by atoms with Crippen LogP contribution in [-0.4, -0.2) is 53.5 Å². The van der Waals surface area contributed by atoms with E-state index in [4.69, 9.17) is 4.42 Å². The molecule has 126 valence electrons. The van der Waals surface area contributed by atoms with Crippen molar-refractivity contribution in [3.63, 3.8) is 0 Å². The quantitative estimate of drug-likeness (QED) is 0.848. The Morgan fingerprint density at radius 3 is 2.70 bits per heavy atom. The monoisotopic (exact) mass is 336 g/mol. The summed E-state index contributed by atoms with van der Waals surface area (Å²) in [6.07, 6.45) is 6.98. The van der Waals surface area contributed by atoms with Crippen molar-refractivity contribution < 1.29 is 14.0 Å². The van der Waals surface area contributed by atoms with E-state index in [0.717, 1.165) is 50.3 Å². The first-order chi connectivity index (χ1) is 11.2. The van der Waals surface area contributed by atoms with Crippen molar-refractivity contribution in [1.82, 2.24) is 9.80 Å². The fraction of sp³-hybridized carbons (Fsp3) is 0.647. The summed E-state index contributed by atoms with van der Waals surface area (Å²) in [7, 11) is 0. The molecule has 0 saturated carbocycles. The molecule has 6 heteroatoms. The SMILES string of the molecule is CSCc1ccc(C(=O)N2CCC[C@H]2C(=O)N2CCCCC2)o1. The maximum atomic E-state index is 12.8. The molecule has 0 bridgehead atoms. The first-order valence-corrected chi connectivity index (χ1v) is 9.77. The Kier molecular flexibility index (Phi) is 5.30. The number of rotatable bonds is 4. The predicted octanol–water partition coefficient (Wildman–Crippen LogP) is 2.76. The molecule has 23 heavy (non-hydrogen) atoms. The highest BCUT2D eigenvalue weighted by atomic mass is 32.2. The molecule has 0 unspecified atom stereocenters. The highest BCUT2D eigenvalue weighted by molar-refractivity contribution is 7.97. The molecule has 0 aromatic carbocycles. The summed E-state index contributed by atoms with van der Waals surface area (Å²) in [5.74, 6) is 1.88. The Morgan fingerprint density at radius 2 is 1.96 bits per heavy atom. The zero-order valence-electron chi connectivity index (χ0n) is 13.6. The highest BCUT2D eigenvalue weighted by Gasteiger charge is 2.38. The molecule has 2 amide bonds. The summed E-state index contributed by atoms with van der Waals surface area (Å²) in [6.45, 7) is 2.30. The van der Waals surface area contributed by atoms with Gasteiger partial charge in [-0.2, -0.15) is 11.8 Å². The van der Waals surface area contributed by atoms with Crippen molar-refractivity contribution >= 4 is 23.6 Å². The van der Waals surface area contributed by atoms with E-state index in [9.17, 15) is 9.59 Å². The summed E-state index contributed by atoms with van der Waals surface area (Å²) < 4.78 is 5.63. The smallest absolute Gasteiger partial charge is 0.290 e. The minimum Gasteiger partial charge on any atom is -0.455 e. The van der Waals surface area contributed by atoms with Gasteiger partial charge in [-0.3, -0.25) is 9.59 Å². The second-order valence-electron chi connectivity index (χ2n) is 6.24. The van der Waals surface area contributed by atoms with E-state index in [0.29, 0.717) is 12.3 Å². The van der Waals surface area contributed by atoms with Gasteiger partial charge in [-0.25, -0.2) is 0 Å². The molecule has 3 heterocycles. The Bertz CT molecular complexity index is 566. The summed E-state index contributed by atoms with van der Waals surface area (Å²) in [5.41, 5.74) is 0. The van der Waals surface area contributed by atoms with E-state index < -0.39 is 0 Å². The van der Waals surface area contributed by atoms with Gasteiger partial charge < -0.3 is 14.2 Å². The molecule has 2 aliphatic rings. The van der Waals surface area contributed by atoms with Crippen LogP contribution >= 0.6 is 11.8 Å². The van der Waals surface area contributed by atoms with Crippen LogP contribution in [-0.2, 0) is 10.5 Å². The number of piperidine rings is 1. The zero-order chi connectivity index (χ0) is 16.2. The lowest BCUT2D eigenvalue weighted by Crippen LogP contribution is -2.49. The van der Waals surface area contributed by atoms with Gasteiger partial charge >= 0.3 is 0 Å². The van der Waals surface area contributed by atoms with Crippen LogP contribution in [0.1, 0.15) is 48.4 Å². The van der Waals surface area contributed by atoms with Gasteiger partial charge in [0.1, 0.15) is 11.8 Å². The number of furan rings is 1. The van der Waals surface area contributed by atoms with Crippen molar-refractivity contribution in [2.24, 2.45) is 0 Å². The van der Waals surface area contributed by atoms with Crippen LogP contribution in [0.25, 0.3) is 0 Å². The van der Waals surface area contributed by atoms with E-state index in [-0.39, 0.29) is 17.9 Å². The number of thioether (sulfide) groups is 1. The number of carbonyl (C=O) groups excluding carboxylic acids is 2. The van der Waals surface area contributed by atoms with Crippen LogP contribution < -0.4 is 0 Å². The topological polar surface area (TPSA) is 53.8 Å². The first kappa shape index (κ1) is 16.4. The highest BCUT2D eigenvalue weighted by Crippen LogP contribution is 2.24. The third-order valence-electron chi connectivity index (χ3n) is 4.63. The number of carbonyl (C=O) groups is 2. The Balaban J connectivity index is 1.69. The number of likely N-dealkylation sites (tertiary alicyclic amines) is 2. The van der Waals surface area contributed by atoms with Gasteiger partial charge in [-0.15, -0.1) is 0 Å². The number of amides is 2. The van der Waals surface area contributed by atoms with E-state index in [1.165, 1.54) is 6.42 Å². The number of hydrogen-bond donors (Lipinski definition) is 0. The summed E-state index contributed by atoms with van der Waals surface area (Å²) in [5, 5.41) is 0. The fourth-order valence-corrected chi connectivity index (χ4v) is 3.89. The predicted molar refractivity (Wildman–Crippen MR) is 90.4 cm³/mol. The second kappa shape index (κ2) is 7.43. The van der Waals surface area contributed by atoms with Crippen LogP contribution in [0.2, 0.25) is 0 Å². The standard InChI is InChI=1S/C17H24N2O3S/c1-23-12-13-7-8-15(22-13)17(21)19-11-5-6-14(19)16(20)18-9-3-2-4-10-18/h7-8,14H,2-6,9-12H2,1H3/t14-/m0/s1. The van der Waals surface area contributed by atoms with Crippen molar-refractivity contribution in [2.45, 2.75) is 43.9 Å². The van der Waals surface area contributed by atoms with Crippen LogP contribution in [0.3, 0.4) is 0 Å². The lowest BCUT2D eigenvalue weighted by Gasteiger charge is -2.32. The van der Waals surface area contributed by atoms with E-state index in [1.54, 1.807) is 22.7 Å². The Morgan fingerprint density at radius 1 is 1.17 bits per heavy atom. The molecule has 2 aliphatic heterocycles. The van der Waals surface area contributed by atoms with Crippen LogP contribution in [0.5, 0.6) is 0 Å². The van der Waals surface area contributed by atoms with Crippen LogP contribution in [0, 0.1) is 0 Å². The Labute approximate surface area is 141 Å². The molecule has 0 spiro atoms. The summed E-state index contributed by atoms with van der Waals surface area (Å²) in [4.78, 5) is 29.1. The van der Waals surface area contributed by atoms with E-state index in [1.807, 2.05) is 17.2 Å². The normalized spacial score (nSPS) is 21.7. The zero-order valence-corrected chi connectivity index (χ0v) is 14.4. The average Bonchev–Trinajstić information content (AvgIpc) is 3.24. The molecule has 1 aromatic heterocycles. The fourth-order valence-electron chi connectivity index (χ4n) is 3.45. The molecule has 0 N–H and O–H groups in total. The molecular weight excluding hydrogens is 312 g/mol. The van der Waals surface area contributed by atoms with Gasteiger partial charge in [-0.1, -0.05) is 0 Å². The van der Waals surface area contributed by atoms with Crippen molar-refractivity contribution in [3.8, 4) is 0 Å². The van der Waals surface area contributed by atoms with Crippen molar-refractivity contribution in [1.29, 1.82) is 0 Å². The molecule has 2 fully saturated rings. The van der Waals surface area contributed by atoms with E-state index in [2.05, 4.69) is 0 Å². The molecule has 3 rings (SSSR count). The van der Waals surface area contributed by atoms with Gasteiger partial charge in [0.15, 0.2) is 5.76 Å². The lowest BCUT2D eigenvalue weighted by atomic mass is 10.1. The summed E-state index contributed by atoms with van der Waals surface area (Å²) >= 11 is 1.66. The molecule has 0 radical (unpaired) electrons. The second-order valence-corrected chi connectivity index (χ2v) is 7.11. The van der Waals surface area contributed by atoms with Gasteiger partial charge in [-0.05, 0) is 50.5 Å². The first-order valence-electron chi connectivity index (χ1n) is 8.38.